The molecule has 2 aromatic rings. The number of primary amides is 1. The molecule has 138 valence electrons. The number of carboxylic acids is 1. The Morgan fingerprint density at radius 1 is 0.923 bits per heavy atom. The zero-order valence-electron chi connectivity index (χ0n) is 12.5. The predicted octanol–water partition coefficient (Wildman–Crippen LogP) is 2.80. The molecule has 0 unspecified atom stereocenters. The lowest BCUT2D eigenvalue weighted by Gasteiger charge is -2.09. The van der Waals surface area contributed by atoms with Gasteiger partial charge in [0.2, 0.25) is 5.82 Å². The van der Waals surface area contributed by atoms with Crippen molar-refractivity contribution in [3.63, 3.8) is 0 Å². The molecule has 0 spiro atoms. The Morgan fingerprint density at radius 2 is 1.38 bits per heavy atom. The highest BCUT2D eigenvalue weighted by molar-refractivity contribution is 7.18. The predicted molar refractivity (Wildman–Crippen MR) is 78.7 cm³/mol. The first-order valence-electron chi connectivity index (χ1n) is 6.48. The molecular formula is C14H7F5N2O4S. The van der Waals surface area contributed by atoms with Crippen LogP contribution in [0.2, 0.25) is 0 Å². The van der Waals surface area contributed by atoms with E-state index in [4.69, 9.17) is 10.8 Å². The summed E-state index contributed by atoms with van der Waals surface area (Å²) in [4.78, 5) is 34.3. The maximum Gasteiger partial charge on any atom is 0.339 e. The van der Waals surface area contributed by atoms with Crippen LogP contribution in [0.4, 0.5) is 27.0 Å². The van der Waals surface area contributed by atoms with Crippen LogP contribution in [0.15, 0.2) is 0 Å². The lowest BCUT2D eigenvalue weighted by molar-refractivity contribution is 0.0697. The molecule has 6 nitrogen and oxygen atoms in total. The van der Waals surface area contributed by atoms with Crippen LogP contribution >= 0.6 is 11.3 Å². The van der Waals surface area contributed by atoms with E-state index >= 15 is 0 Å². The molecule has 0 radical (unpaired) electrons. The third kappa shape index (κ3) is 2.98. The molecule has 0 saturated heterocycles. The van der Waals surface area contributed by atoms with Gasteiger partial charge in [0.25, 0.3) is 11.8 Å². The summed E-state index contributed by atoms with van der Waals surface area (Å²) in [5.74, 6) is -16.4. The van der Waals surface area contributed by atoms with E-state index in [1.807, 2.05) is 0 Å². The Bertz CT molecular complexity index is 944. The van der Waals surface area contributed by atoms with Crippen LogP contribution in [0.3, 0.4) is 0 Å². The Labute approximate surface area is 145 Å². The van der Waals surface area contributed by atoms with Gasteiger partial charge in [0, 0.05) is 0 Å². The molecule has 0 atom stereocenters. The van der Waals surface area contributed by atoms with Crippen LogP contribution in [0.25, 0.3) is 0 Å². The van der Waals surface area contributed by atoms with E-state index in [-0.39, 0.29) is 10.4 Å². The highest BCUT2D eigenvalue weighted by Gasteiger charge is 2.31. The normalized spacial score (nSPS) is 10.7. The van der Waals surface area contributed by atoms with Gasteiger partial charge in [0.05, 0.1) is 10.4 Å². The zero-order chi connectivity index (χ0) is 19.9. The summed E-state index contributed by atoms with van der Waals surface area (Å²) in [6.07, 6.45) is 0. The van der Waals surface area contributed by atoms with Gasteiger partial charge >= 0.3 is 5.97 Å². The van der Waals surface area contributed by atoms with Gasteiger partial charge in [-0.2, -0.15) is 0 Å². The van der Waals surface area contributed by atoms with Crippen LogP contribution < -0.4 is 11.1 Å². The Hall–Kier alpha value is -3.02. The number of hydrogen-bond donors (Lipinski definition) is 3. The highest BCUT2D eigenvalue weighted by Crippen LogP contribution is 2.34. The van der Waals surface area contributed by atoms with E-state index in [0.717, 1.165) is 0 Å². The molecule has 0 bridgehead atoms. The molecule has 0 fully saturated rings. The molecule has 0 aliphatic carbocycles. The van der Waals surface area contributed by atoms with Crippen molar-refractivity contribution in [2.75, 3.05) is 5.32 Å². The third-order valence-electron chi connectivity index (χ3n) is 3.25. The monoisotopic (exact) mass is 394 g/mol. The standard InChI is InChI=1S/C14H7F5N2O4S/c1-2-3(14(24)25)13(26-10(2)11(20)22)21-12(23)4-5(15)7(17)9(19)8(18)6(4)16/h1H3,(H2,20,22)(H,21,23)(H,24,25). The Balaban J connectivity index is 2.58. The van der Waals surface area contributed by atoms with Crippen molar-refractivity contribution < 1.29 is 41.4 Å². The van der Waals surface area contributed by atoms with Crippen LogP contribution in [-0.2, 0) is 0 Å². The average Bonchev–Trinajstić information content (AvgIpc) is 2.87. The fourth-order valence-corrected chi connectivity index (χ4v) is 3.11. The van der Waals surface area contributed by atoms with E-state index in [2.05, 4.69) is 0 Å². The second kappa shape index (κ2) is 6.71. The Kier molecular flexibility index (Phi) is 4.98. The fourth-order valence-electron chi connectivity index (χ4n) is 2.06. The quantitative estimate of drug-likeness (QED) is 0.421. The molecule has 1 aromatic heterocycles. The SMILES string of the molecule is Cc1c(C(N)=O)sc(NC(=O)c2c(F)c(F)c(F)c(F)c2F)c1C(=O)O. The van der Waals surface area contributed by atoms with Crippen LogP contribution in [-0.4, -0.2) is 22.9 Å². The number of carbonyl (C=O) groups is 3. The summed E-state index contributed by atoms with van der Waals surface area (Å²) in [5.41, 5.74) is 2.50. The minimum absolute atomic E-state index is 0.136. The summed E-state index contributed by atoms with van der Waals surface area (Å²) in [5, 5.41) is 10.3. The van der Waals surface area contributed by atoms with Crippen molar-refractivity contribution in [3.8, 4) is 0 Å². The Morgan fingerprint density at radius 3 is 1.81 bits per heavy atom. The number of amides is 2. The van der Waals surface area contributed by atoms with Gasteiger partial charge in [-0.25, -0.2) is 26.7 Å². The lowest BCUT2D eigenvalue weighted by Crippen LogP contribution is -2.20. The van der Waals surface area contributed by atoms with E-state index in [9.17, 15) is 36.3 Å². The topological polar surface area (TPSA) is 109 Å². The van der Waals surface area contributed by atoms with Crippen molar-refractivity contribution in [3.05, 3.63) is 50.7 Å². The van der Waals surface area contributed by atoms with E-state index in [1.54, 1.807) is 5.32 Å². The molecule has 12 heteroatoms. The largest absolute Gasteiger partial charge is 0.478 e. The number of nitrogens with one attached hydrogen (secondary N) is 1. The summed E-state index contributed by atoms with van der Waals surface area (Å²) < 4.78 is 66.7. The van der Waals surface area contributed by atoms with Crippen molar-refractivity contribution in [1.29, 1.82) is 0 Å². The number of benzene rings is 1. The number of carboxylic acid groups (broad SMARTS) is 1. The van der Waals surface area contributed by atoms with E-state index in [1.165, 1.54) is 6.92 Å². The number of carbonyl (C=O) groups excluding carboxylic acids is 2. The van der Waals surface area contributed by atoms with Crippen molar-refractivity contribution >= 4 is 34.1 Å². The molecular weight excluding hydrogens is 387 g/mol. The van der Waals surface area contributed by atoms with Gasteiger partial charge in [0.15, 0.2) is 23.3 Å². The first-order valence-corrected chi connectivity index (χ1v) is 7.29. The number of rotatable bonds is 4. The van der Waals surface area contributed by atoms with Gasteiger partial charge in [-0.15, -0.1) is 11.3 Å². The van der Waals surface area contributed by atoms with Gasteiger partial charge in [-0.3, -0.25) is 9.59 Å². The summed E-state index contributed by atoms with van der Waals surface area (Å²) in [6.45, 7) is 1.19. The number of thiophene rings is 1. The molecule has 4 N–H and O–H groups in total. The highest BCUT2D eigenvalue weighted by atomic mass is 32.1. The van der Waals surface area contributed by atoms with Crippen LogP contribution in [0.1, 0.15) is 36.0 Å². The molecule has 2 amide bonds. The second-order valence-electron chi connectivity index (χ2n) is 4.83. The minimum atomic E-state index is -2.45. The molecule has 0 saturated carbocycles. The maximum atomic E-state index is 13.7. The van der Waals surface area contributed by atoms with Gasteiger partial charge in [-0.05, 0) is 12.5 Å². The van der Waals surface area contributed by atoms with Gasteiger partial charge < -0.3 is 16.2 Å². The number of aromatic carboxylic acids is 1. The molecule has 0 aliphatic heterocycles. The first kappa shape index (κ1) is 19.3. The lowest BCUT2D eigenvalue weighted by atomic mass is 10.1. The smallest absolute Gasteiger partial charge is 0.339 e. The summed E-state index contributed by atoms with van der Waals surface area (Å²) in [7, 11) is 0. The van der Waals surface area contributed by atoms with Gasteiger partial charge in [-0.1, -0.05) is 0 Å². The van der Waals surface area contributed by atoms with Crippen molar-refractivity contribution in [2.24, 2.45) is 5.73 Å². The van der Waals surface area contributed by atoms with Crippen LogP contribution in [0, 0.1) is 36.0 Å². The van der Waals surface area contributed by atoms with E-state index in [0.29, 0.717) is 11.3 Å². The molecule has 0 aliphatic rings. The fraction of sp³-hybridized carbons (Fsp3) is 0.0714. The number of nitrogens with two attached hydrogens (primary N) is 1. The number of halogens is 5. The molecule has 1 aromatic carbocycles. The average molecular weight is 394 g/mol. The molecule has 26 heavy (non-hydrogen) atoms. The van der Waals surface area contributed by atoms with Crippen molar-refractivity contribution in [2.45, 2.75) is 6.92 Å². The maximum absolute atomic E-state index is 13.7. The summed E-state index contributed by atoms with van der Waals surface area (Å²) >= 11 is 0.375. The van der Waals surface area contributed by atoms with Crippen molar-refractivity contribution in [1.82, 2.24) is 0 Å². The second-order valence-corrected chi connectivity index (χ2v) is 5.85. The zero-order valence-corrected chi connectivity index (χ0v) is 13.4. The molecule has 1 heterocycles. The van der Waals surface area contributed by atoms with E-state index < -0.39 is 63.0 Å². The minimum Gasteiger partial charge on any atom is -0.478 e. The number of anilines is 1. The number of hydrogen-bond acceptors (Lipinski definition) is 4. The third-order valence-corrected chi connectivity index (χ3v) is 4.47. The van der Waals surface area contributed by atoms with Crippen LogP contribution in [0.5, 0.6) is 0 Å². The molecule has 2 rings (SSSR count). The van der Waals surface area contributed by atoms with Gasteiger partial charge in [0.1, 0.15) is 10.6 Å². The first-order chi connectivity index (χ1) is 12.0. The summed E-state index contributed by atoms with van der Waals surface area (Å²) in [6, 6.07) is 0.